The van der Waals surface area contributed by atoms with Crippen molar-refractivity contribution < 1.29 is 32.1 Å². The van der Waals surface area contributed by atoms with Crippen LogP contribution in [0.5, 0.6) is 0 Å². The van der Waals surface area contributed by atoms with Crippen LogP contribution in [0.3, 0.4) is 0 Å². The Morgan fingerprint density at radius 2 is 1.40 bits per heavy atom. The molecular formula is C6H12O7P2. The fraction of sp³-hybridized carbons (Fsp3) is 1.00. The Hall–Kier alpha value is 0.260. The van der Waals surface area contributed by atoms with Crippen LogP contribution in [0.4, 0.5) is 0 Å². The first-order chi connectivity index (χ1) is 6.83. The number of rotatable bonds is 0. The second-order valence-electron chi connectivity index (χ2n) is 3.83. The Labute approximate surface area is 86.8 Å². The van der Waals surface area contributed by atoms with Gasteiger partial charge in [0.2, 0.25) is 0 Å². The van der Waals surface area contributed by atoms with Gasteiger partial charge in [-0.25, -0.2) is 4.57 Å². The van der Waals surface area contributed by atoms with Crippen LogP contribution in [0, 0.1) is 5.41 Å². The lowest BCUT2D eigenvalue weighted by Crippen LogP contribution is -2.45. The highest BCUT2D eigenvalue weighted by Gasteiger charge is 2.47. The average Bonchev–Trinajstić information content (AvgIpc) is 2.15. The average molecular weight is 258 g/mol. The van der Waals surface area contributed by atoms with Crippen LogP contribution >= 0.6 is 15.4 Å². The molecule has 88 valence electrons. The molecule has 0 aliphatic carbocycles. The smallest absolute Gasteiger partial charge is 0.308 e. The second kappa shape index (κ2) is 3.64. The van der Waals surface area contributed by atoms with E-state index in [9.17, 15) is 9.13 Å². The predicted octanol–water partition coefficient (Wildman–Crippen LogP) is 0.990. The van der Waals surface area contributed by atoms with Gasteiger partial charge in [-0.1, -0.05) is 0 Å². The van der Waals surface area contributed by atoms with Crippen molar-refractivity contribution in [1.29, 1.82) is 0 Å². The first-order valence-electron chi connectivity index (χ1n) is 4.31. The summed E-state index contributed by atoms with van der Waals surface area (Å²) in [4.78, 5) is 8.97. The second-order valence-corrected chi connectivity index (χ2v) is 7.35. The Morgan fingerprint density at radius 1 is 1.00 bits per heavy atom. The van der Waals surface area contributed by atoms with Gasteiger partial charge >= 0.3 is 15.4 Å². The summed E-state index contributed by atoms with van der Waals surface area (Å²) < 4.78 is 41.7. The van der Waals surface area contributed by atoms with E-state index in [0.29, 0.717) is 0 Å². The monoisotopic (exact) mass is 258 g/mol. The molecule has 1 spiro atoms. The van der Waals surface area contributed by atoms with E-state index in [1.807, 2.05) is 0 Å². The fourth-order valence-corrected chi connectivity index (χ4v) is 3.31. The van der Waals surface area contributed by atoms with Crippen molar-refractivity contribution in [2.75, 3.05) is 33.1 Å². The zero-order valence-electron chi connectivity index (χ0n) is 8.12. The summed E-state index contributed by atoms with van der Waals surface area (Å²) >= 11 is 0. The van der Waals surface area contributed by atoms with Gasteiger partial charge in [-0.3, -0.25) is 13.6 Å². The molecule has 2 saturated heterocycles. The first kappa shape index (κ1) is 11.7. The number of phosphoric acid groups is 1. The van der Waals surface area contributed by atoms with E-state index >= 15 is 0 Å². The van der Waals surface area contributed by atoms with Gasteiger partial charge in [-0.2, -0.15) is 0 Å². The number of hydrogen-bond acceptors (Lipinski definition) is 6. The highest BCUT2D eigenvalue weighted by Crippen LogP contribution is 2.55. The highest BCUT2D eigenvalue weighted by molar-refractivity contribution is 7.53. The molecule has 0 aromatic carbocycles. The molecular weight excluding hydrogens is 246 g/mol. The number of phosphoric ester groups is 1. The van der Waals surface area contributed by atoms with Gasteiger partial charge in [-0.05, 0) is 0 Å². The van der Waals surface area contributed by atoms with Crippen molar-refractivity contribution in [2.24, 2.45) is 5.41 Å². The van der Waals surface area contributed by atoms with Crippen LogP contribution in [-0.4, -0.2) is 38.0 Å². The van der Waals surface area contributed by atoms with E-state index < -0.39 is 20.8 Å². The normalized spacial score (nSPS) is 51.9. The maximum absolute atomic E-state index is 11.4. The minimum atomic E-state index is -3.89. The Morgan fingerprint density at radius 3 is 1.87 bits per heavy atom. The molecule has 0 saturated carbocycles. The Bertz CT molecular complexity index is 292. The van der Waals surface area contributed by atoms with Gasteiger partial charge in [0.25, 0.3) is 0 Å². The molecule has 2 rings (SSSR count). The summed E-state index contributed by atoms with van der Waals surface area (Å²) in [6, 6.07) is 0. The quantitative estimate of drug-likeness (QED) is 0.647. The molecule has 7 nitrogen and oxygen atoms in total. The molecule has 0 radical (unpaired) electrons. The molecule has 0 unspecified atom stereocenters. The molecule has 1 N–H and O–H groups in total. The topological polar surface area (TPSA) is 91.3 Å². The van der Waals surface area contributed by atoms with Crippen LogP contribution in [0.25, 0.3) is 0 Å². The van der Waals surface area contributed by atoms with Gasteiger partial charge < -0.3 is 13.9 Å². The van der Waals surface area contributed by atoms with E-state index in [4.69, 9.17) is 13.9 Å². The summed E-state index contributed by atoms with van der Waals surface area (Å²) in [5, 5.41) is 0. The minimum absolute atomic E-state index is 0.000772. The zero-order valence-corrected chi connectivity index (χ0v) is 9.91. The van der Waals surface area contributed by atoms with E-state index in [2.05, 4.69) is 9.05 Å². The standard InChI is InChI=1S/C6H12O7P2/c1-14(7)10-2-6(3-11-14)4-12-15(8,9)13-5-6/h2-5H2,1H3,(H,8,9). The first-order valence-corrected chi connectivity index (χ1v) is 7.80. The third kappa shape index (κ3) is 2.68. The fourth-order valence-electron chi connectivity index (χ4n) is 1.27. The van der Waals surface area contributed by atoms with Crippen LogP contribution in [0.15, 0.2) is 0 Å². The predicted molar refractivity (Wildman–Crippen MR) is 49.6 cm³/mol. The van der Waals surface area contributed by atoms with Crippen molar-refractivity contribution in [3.8, 4) is 0 Å². The van der Waals surface area contributed by atoms with Gasteiger partial charge in [-0.15, -0.1) is 0 Å². The van der Waals surface area contributed by atoms with Gasteiger partial charge in [0.05, 0.1) is 31.8 Å². The Balaban J connectivity index is 2.01. The molecule has 0 atom stereocenters. The molecule has 2 aliphatic rings. The molecule has 15 heavy (non-hydrogen) atoms. The molecule has 9 heteroatoms. The summed E-state index contributed by atoms with van der Waals surface area (Å²) in [7, 11) is -6.85. The summed E-state index contributed by atoms with van der Waals surface area (Å²) in [6.45, 7) is 1.66. The highest BCUT2D eigenvalue weighted by atomic mass is 31.2. The summed E-state index contributed by atoms with van der Waals surface area (Å²) in [5.74, 6) is 0. The number of hydrogen-bond donors (Lipinski definition) is 1. The van der Waals surface area contributed by atoms with E-state index in [-0.39, 0.29) is 26.4 Å². The minimum Gasteiger partial charge on any atom is -0.308 e. The molecule has 0 aromatic heterocycles. The van der Waals surface area contributed by atoms with Crippen molar-refractivity contribution >= 4 is 15.4 Å². The van der Waals surface area contributed by atoms with Crippen LogP contribution in [-0.2, 0) is 27.2 Å². The molecule has 2 fully saturated rings. The van der Waals surface area contributed by atoms with Crippen LogP contribution < -0.4 is 0 Å². The van der Waals surface area contributed by atoms with Gasteiger partial charge in [0, 0.05) is 6.66 Å². The van der Waals surface area contributed by atoms with E-state index in [0.717, 1.165) is 0 Å². The molecule has 2 heterocycles. The molecule has 2 aliphatic heterocycles. The molecule has 0 bridgehead atoms. The van der Waals surface area contributed by atoms with Gasteiger partial charge in [0.1, 0.15) is 0 Å². The summed E-state index contributed by atoms with van der Waals surface area (Å²) in [6.07, 6.45) is 0. The SMILES string of the molecule is CP1(=O)OCC2(CO1)COP(=O)(O)OC2. The third-order valence-electron chi connectivity index (χ3n) is 2.28. The summed E-state index contributed by atoms with van der Waals surface area (Å²) in [5.41, 5.74) is -0.624. The van der Waals surface area contributed by atoms with E-state index in [1.165, 1.54) is 6.66 Å². The van der Waals surface area contributed by atoms with Crippen molar-refractivity contribution in [3.05, 3.63) is 0 Å². The van der Waals surface area contributed by atoms with Crippen molar-refractivity contribution in [2.45, 2.75) is 0 Å². The Kier molecular flexibility index (Phi) is 2.84. The third-order valence-corrected chi connectivity index (χ3v) is 4.39. The maximum Gasteiger partial charge on any atom is 0.472 e. The lowest BCUT2D eigenvalue weighted by molar-refractivity contribution is -0.0780. The van der Waals surface area contributed by atoms with Crippen LogP contribution in [0.1, 0.15) is 0 Å². The van der Waals surface area contributed by atoms with Gasteiger partial charge in [0.15, 0.2) is 0 Å². The maximum atomic E-state index is 11.4. The lowest BCUT2D eigenvalue weighted by Gasteiger charge is -2.40. The van der Waals surface area contributed by atoms with E-state index in [1.54, 1.807) is 0 Å². The van der Waals surface area contributed by atoms with Crippen LogP contribution in [0.2, 0.25) is 0 Å². The van der Waals surface area contributed by atoms with Crippen molar-refractivity contribution in [1.82, 2.24) is 0 Å². The largest absolute Gasteiger partial charge is 0.472 e. The van der Waals surface area contributed by atoms with Crippen molar-refractivity contribution in [3.63, 3.8) is 0 Å². The zero-order chi connectivity index (χ0) is 11.2. The molecule has 0 amide bonds. The molecule has 0 aromatic rings. The lowest BCUT2D eigenvalue weighted by atomic mass is 9.93.